The number of nitrogens with two attached hydrogens (primary N) is 1. The molecule has 3 nitrogen and oxygen atoms in total. The summed E-state index contributed by atoms with van der Waals surface area (Å²) < 4.78 is 1.98. The van der Waals surface area contributed by atoms with Crippen molar-refractivity contribution in [1.82, 2.24) is 9.55 Å². The Labute approximate surface area is 78.8 Å². The molecule has 2 N–H and O–H groups in total. The second-order valence-corrected chi connectivity index (χ2v) is 1.99. The molecule has 11 heavy (non-hydrogen) atoms. The van der Waals surface area contributed by atoms with Crippen molar-refractivity contribution in [2.75, 3.05) is 6.54 Å². The van der Waals surface area contributed by atoms with Gasteiger partial charge in [-0.2, -0.15) is 0 Å². The number of imidazole rings is 1. The Balaban J connectivity index is 0. The average molecular weight is 198 g/mol. The number of halogens is 2. The number of hydrogen-bond donors (Lipinski definition) is 1. The summed E-state index contributed by atoms with van der Waals surface area (Å²) in [4.78, 5) is 4.09. The topological polar surface area (TPSA) is 43.8 Å². The Morgan fingerprint density at radius 3 is 2.55 bits per heavy atom. The average Bonchev–Trinajstić information content (AvgIpc) is 2.18. The SMILES string of the molecule is Cl.Cl.Cn1ccnc1CCN. The number of hydrogen-bond acceptors (Lipinski definition) is 2. The smallest absolute Gasteiger partial charge is 0.109 e. The fraction of sp³-hybridized carbons (Fsp3) is 0.500. The molecular formula is C6H13Cl2N3. The van der Waals surface area contributed by atoms with Gasteiger partial charge in [-0.25, -0.2) is 4.98 Å². The standard InChI is InChI=1S/C6H11N3.2ClH/c1-9-5-4-8-6(9)2-3-7;;/h4-5H,2-3,7H2,1H3;2*1H. The van der Waals surface area contributed by atoms with E-state index in [2.05, 4.69) is 4.98 Å². The number of rotatable bonds is 2. The zero-order valence-corrected chi connectivity index (χ0v) is 7.99. The summed E-state index contributed by atoms with van der Waals surface area (Å²) in [5.41, 5.74) is 5.34. The summed E-state index contributed by atoms with van der Waals surface area (Å²) in [5.74, 6) is 1.05. The van der Waals surface area contributed by atoms with Gasteiger partial charge in [0.15, 0.2) is 0 Å². The van der Waals surface area contributed by atoms with Crippen LogP contribution in [-0.4, -0.2) is 16.1 Å². The van der Waals surface area contributed by atoms with E-state index in [1.165, 1.54) is 0 Å². The molecule has 1 heterocycles. The molecule has 0 aromatic carbocycles. The summed E-state index contributed by atoms with van der Waals surface area (Å²) in [6.45, 7) is 0.671. The van der Waals surface area contributed by atoms with Gasteiger partial charge < -0.3 is 10.3 Å². The van der Waals surface area contributed by atoms with E-state index in [0.717, 1.165) is 12.2 Å². The van der Waals surface area contributed by atoms with Gasteiger partial charge >= 0.3 is 0 Å². The highest BCUT2D eigenvalue weighted by molar-refractivity contribution is 5.85. The zero-order chi connectivity index (χ0) is 6.69. The first-order valence-corrected chi connectivity index (χ1v) is 3.01. The van der Waals surface area contributed by atoms with Crippen LogP contribution in [0, 0.1) is 0 Å². The Morgan fingerprint density at radius 2 is 2.18 bits per heavy atom. The van der Waals surface area contributed by atoms with Crippen molar-refractivity contribution in [2.24, 2.45) is 12.8 Å². The van der Waals surface area contributed by atoms with Crippen molar-refractivity contribution in [3.05, 3.63) is 18.2 Å². The van der Waals surface area contributed by atoms with Crippen LogP contribution in [0.3, 0.4) is 0 Å². The Bertz CT molecular complexity index is 188. The van der Waals surface area contributed by atoms with Gasteiger partial charge in [0.1, 0.15) is 5.82 Å². The van der Waals surface area contributed by atoms with E-state index in [1.54, 1.807) is 6.20 Å². The second kappa shape index (κ2) is 6.46. The lowest BCUT2D eigenvalue weighted by Crippen LogP contribution is -2.07. The maximum atomic E-state index is 5.34. The molecular weight excluding hydrogens is 185 g/mol. The summed E-state index contributed by atoms with van der Waals surface area (Å²) in [7, 11) is 1.97. The van der Waals surface area contributed by atoms with Crippen LogP contribution in [0.1, 0.15) is 5.82 Å². The molecule has 0 atom stereocenters. The summed E-state index contributed by atoms with van der Waals surface area (Å²) >= 11 is 0. The lowest BCUT2D eigenvalue weighted by atomic mass is 10.4. The van der Waals surface area contributed by atoms with Gasteiger partial charge in [-0.05, 0) is 6.54 Å². The van der Waals surface area contributed by atoms with Crippen molar-refractivity contribution >= 4 is 24.8 Å². The highest BCUT2D eigenvalue weighted by atomic mass is 35.5. The maximum Gasteiger partial charge on any atom is 0.109 e. The minimum Gasteiger partial charge on any atom is -0.338 e. The van der Waals surface area contributed by atoms with Crippen LogP contribution in [0.25, 0.3) is 0 Å². The van der Waals surface area contributed by atoms with E-state index in [9.17, 15) is 0 Å². The maximum absolute atomic E-state index is 5.34. The fourth-order valence-corrected chi connectivity index (χ4v) is 0.766. The van der Waals surface area contributed by atoms with Gasteiger partial charge in [-0.15, -0.1) is 24.8 Å². The molecule has 0 bridgehead atoms. The number of aromatic nitrogens is 2. The van der Waals surface area contributed by atoms with Crippen molar-refractivity contribution < 1.29 is 0 Å². The molecule has 0 unspecified atom stereocenters. The molecule has 0 radical (unpaired) electrons. The van der Waals surface area contributed by atoms with E-state index < -0.39 is 0 Å². The first kappa shape index (κ1) is 13.3. The summed E-state index contributed by atoms with van der Waals surface area (Å²) in [5, 5.41) is 0. The van der Waals surface area contributed by atoms with E-state index in [0.29, 0.717) is 6.54 Å². The van der Waals surface area contributed by atoms with Crippen molar-refractivity contribution in [3.8, 4) is 0 Å². The highest BCUT2D eigenvalue weighted by Crippen LogP contribution is 1.92. The lowest BCUT2D eigenvalue weighted by molar-refractivity contribution is 0.778. The third-order valence-corrected chi connectivity index (χ3v) is 1.29. The molecule has 5 heteroatoms. The van der Waals surface area contributed by atoms with Crippen LogP contribution in [0.15, 0.2) is 12.4 Å². The van der Waals surface area contributed by atoms with E-state index >= 15 is 0 Å². The van der Waals surface area contributed by atoms with Gasteiger partial charge in [-0.3, -0.25) is 0 Å². The predicted octanol–water partition coefficient (Wildman–Crippen LogP) is 0.765. The van der Waals surface area contributed by atoms with Crippen LogP contribution >= 0.6 is 24.8 Å². The third-order valence-electron chi connectivity index (χ3n) is 1.29. The molecule has 0 aliphatic heterocycles. The summed E-state index contributed by atoms with van der Waals surface area (Å²) in [6.07, 6.45) is 4.57. The fourth-order valence-electron chi connectivity index (χ4n) is 0.766. The minimum atomic E-state index is 0. The van der Waals surface area contributed by atoms with Gasteiger partial charge in [0.25, 0.3) is 0 Å². The second-order valence-electron chi connectivity index (χ2n) is 1.99. The number of nitrogens with zero attached hydrogens (tertiary/aromatic N) is 2. The normalized spacial score (nSPS) is 8.18. The first-order chi connectivity index (χ1) is 4.34. The summed E-state index contributed by atoms with van der Waals surface area (Å²) in [6, 6.07) is 0. The highest BCUT2D eigenvalue weighted by Gasteiger charge is 1.93. The van der Waals surface area contributed by atoms with E-state index in [4.69, 9.17) is 5.73 Å². The van der Waals surface area contributed by atoms with Crippen LogP contribution in [0.5, 0.6) is 0 Å². The van der Waals surface area contributed by atoms with Crippen LogP contribution in [0.4, 0.5) is 0 Å². The molecule has 0 amide bonds. The molecule has 1 aromatic heterocycles. The number of aryl methyl sites for hydroxylation is 1. The zero-order valence-electron chi connectivity index (χ0n) is 6.36. The lowest BCUT2D eigenvalue weighted by Gasteiger charge is -1.96. The molecule has 0 aliphatic rings. The van der Waals surface area contributed by atoms with Crippen LogP contribution in [0.2, 0.25) is 0 Å². The van der Waals surface area contributed by atoms with E-state index in [1.807, 2.05) is 17.8 Å². The Kier molecular flexibility index (Phi) is 7.84. The molecule has 0 aliphatic carbocycles. The van der Waals surface area contributed by atoms with E-state index in [-0.39, 0.29) is 24.8 Å². The van der Waals surface area contributed by atoms with Gasteiger partial charge in [-0.1, -0.05) is 0 Å². The largest absolute Gasteiger partial charge is 0.338 e. The molecule has 0 fully saturated rings. The predicted molar refractivity (Wildman–Crippen MR) is 50.5 cm³/mol. The van der Waals surface area contributed by atoms with Crippen molar-refractivity contribution in [1.29, 1.82) is 0 Å². The Hall–Kier alpha value is -0.250. The molecule has 1 aromatic rings. The van der Waals surface area contributed by atoms with Gasteiger partial charge in [0.2, 0.25) is 0 Å². The Morgan fingerprint density at radius 1 is 1.55 bits per heavy atom. The molecule has 66 valence electrons. The van der Waals surface area contributed by atoms with Crippen molar-refractivity contribution in [2.45, 2.75) is 6.42 Å². The van der Waals surface area contributed by atoms with Crippen molar-refractivity contribution in [3.63, 3.8) is 0 Å². The first-order valence-electron chi connectivity index (χ1n) is 3.01. The molecule has 0 spiro atoms. The molecule has 1 rings (SSSR count). The van der Waals surface area contributed by atoms with Gasteiger partial charge in [0.05, 0.1) is 0 Å². The monoisotopic (exact) mass is 197 g/mol. The van der Waals surface area contributed by atoms with Crippen LogP contribution < -0.4 is 5.73 Å². The molecule has 0 saturated carbocycles. The molecule has 0 saturated heterocycles. The quantitative estimate of drug-likeness (QED) is 0.762. The third kappa shape index (κ3) is 3.60. The van der Waals surface area contributed by atoms with Crippen LogP contribution in [-0.2, 0) is 13.5 Å². The van der Waals surface area contributed by atoms with Gasteiger partial charge in [0, 0.05) is 25.9 Å². The minimum absolute atomic E-state index is 0.